The average Bonchev–Trinajstić information content (AvgIpc) is 3.56. The Hall–Kier alpha value is -3.67. The maximum absolute atomic E-state index is 12.8. The van der Waals surface area contributed by atoms with Crippen molar-refractivity contribution < 1.29 is 9.21 Å². The Morgan fingerprint density at radius 3 is 2.50 bits per heavy atom. The molecule has 0 atom stereocenters. The lowest BCUT2D eigenvalue weighted by Gasteiger charge is -2.26. The van der Waals surface area contributed by atoms with E-state index in [-0.39, 0.29) is 5.91 Å². The molecule has 6 nitrogen and oxygen atoms in total. The van der Waals surface area contributed by atoms with Gasteiger partial charge in [-0.05, 0) is 42.7 Å². The van der Waals surface area contributed by atoms with Crippen LogP contribution in [0.4, 0.5) is 5.82 Å². The Bertz CT molecular complexity index is 1190. The summed E-state index contributed by atoms with van der Waals surface area (Å²) in [5.74, 6) is 2.21. The second kappa shape index (κ2) is 9.22. The van der Waals surface area contributed by atoms with E-state index in [1.165, 1.54) is 5.56 Å². The number of furan rings is 1. The third kappa shape index (κ3) is 4.35. The van der Waals surface area contributed by atoms with Gasteiger partial charge in [-0.2, -0.15) is 0 Å². The fourth-order valence-electron chi connectivity index (χ4n) is 4.24. The molecule has 6 heteroatoms. The molecule has 0 saturated carbocycles. The third-order valence-corrected chi connectivity index (χ3v) is 5.89. The highest BCUT2D eigenvalue weighted by Crippen LogP contribution is 2.29. The van der Waals surface area contributed by atoms with Crippen molar-refractivity contribution in [1.82, 2.24) is 14.9 Å². The lowest BCUT2D eigenvalue weighted by atomic mass is 10.1. The van der Waals surface area contributed by atoms with Crippen LogP contribution in [0.15, 0.2) is 77.4 Å². The summed E-state index contributed by atoms with van der Waals surface area (Å²) in [7, 11) is 0. The average molecular weight is 427 g/mol. The summed E-state index contributed by atoms with van der Waals surface area (Å²) in [6, 6.07) is 22.0. The Kier molecular flexibility index (Phi) is 5.83. The van der Waals surface area contributed by atoms with Gasteiger partial charge in [-0.25, -0.2) is 9.97 Å². The molecule has 4 aromatic rings. The minimum atomic E-state index is 0.213. The van der Waals surface area contributed by atoms with Gasteiger partial charge in [0.2, 0.25) is 5.91 Å². The van der Waals surface area contributed by atoms with Crippen LogP contribution in [0.3, 0.4) is 0 Å². The number of nitrogens with zero attached hydrogens (tertiary/aromatic N) is 4. The van der Waals surface area contributed by atoms with Gasteiger partial charge in [0.1, 0.15) is 5.82 Å². The van der Waals surface area contributed by atoms with E-state index < -0.39 is 0 Å². The van der Waals surface area contributed by atoms with Crippen molar-refractivity contribution in [3.63, 3.8) is 0 Å². The monoisotopic (exact) mass is 426 g/mol. The molecule has 0 aliphatic carbocycles. The summed E-state index contributed by atoms with van der Waals surface area (Å²) in [6.07, 6.45) is 4.29. The quantitative estimate of drug-likeness (QED) is 0.420. The zero-order valence-electron chi connectivity index (χ0n) is 18.0. The zero-order chi connectivity index (χ0) is 21.8. The normalized spacial score (nSPS) is 13.6. The number of rotatable bonds is 7. The number of carbonyl (C=O) groups excluding carboxylic acids is 1. The number of amides is 1. The van der Waals surface area contributed by atoms with E-state index >= 15 is 0 Å². The summed E-state index contributed by atoms with van der Waals surface area (Å²) >= 11 is 0. The maximum atomic E-state index is 12.8. The molecule has 2 aromatic heterocycles. The second-order valence-electron chi connectivity index (χ2n) is 8.11. The summed E-state index contributed by atoms with van der Waals surface area (Å²) in [6.45, 7) is 2.99. The number of aromatic nitrogens is 2. The highest BCUT2D eigenvalue weighted by molar-refractivity contribution is 5.91. The summed E-state index contributed by atoms with van der Waals surface area (Å²) in [5.41, 5.74) is 2.02. The Balaban J connectivity index is 1.52. The molecular formula is C26H26N4O2. The minimum absolute atomic E-state index is 0.213. The van der Waals surface area contributed by atoms with Crippen molar-refractivity contribution in [2.45, 2.75) is 25.8 Å². The number of hydrogen-bond acceptors (Lipinski definition) is 5. The first-order valence-corrected chi connectivity index (χ1v) is 11.2. The molecule has 0 bridgehead atoms. The minimum Gasteiger partial charge on any atom is -0.461 e. The van der Waals surface area contributed by atoms with Crippen LogP contribution in [0.1, 0.15) is 24.8 Å². The summed E-state index contributed by atoms with van der Waals surface area (Å²) < 4.78 is 5.58. The number of para-hydroxylation sites is 1. The van der Waals surface area contributed by atoms with Crippen LogP contribution in [0.2, 0.25) is 0 Å². The first kappa shape index (κ1) is 20.2. The van der Waals surface area contributed by atoms with Crippen LogP contribution in [0.5, 0.6) is 0 Å². The zero-order valence-corrected chi connectivity index (χ0v) is 18.0. The Labute approximate surface area is 187 Å². The summed E-state index contributed by atoms with van der Waals surface area (Å²) in [4.78, 5) is 26.6. The van der Waals surface area contributed by atoms with Crippen LogP contribution in [0, 0.1) is 0 Å². The molecule has 1 aliphatic heterocycles. The Morgan fingerprint density at radius 2 is 1.72 bits per heavy atom. The number of hydrogen-bond donors (Lipinski definition) is 0. The van der Waals surface area contributed by atoms with Gasteiger partial charge in [-0.1, -0.05) is 42.5 Å². The molecule has 1 fully saturated rings. The van der Waals surface area contributed by atoms with E-state index in [2.05, 4.69) is 17.0 Å². The lowest BCUT2D eigenvalue weighted by molar-refractivity contribution is -0.129. The molecule has 1 amide bonds. The molecule has 0 N–H and O–H groups in total. The van der Waals surface area contributed by atoms with Crippen LogP contribution < -0.4 is 4.90 Å². The first-order valence-electron chi connectivity index (χ1n) is 11.2. The molecular weight excluding hydrogens is 400 g/mol. The number of likely N-dealkylation sites (tertiary alicyclic amines) is 1. The smallest absolute Gasteiger partial charge is 0.224 e. The highest BCUT2D eigenvalue weighted by atomic mass is 16.3. The molecule has 162 valence electrons. The molecule has 1 aliphatic rings. The topological polar surface area (TPSA) is 62.5 Å². The van der Waals surface area contributed by atoms with E-state index in [1.807, 2.05) is 59.5 Å². The predicted octanol–water partition coefficient (Wildman–Crippen LogP) is 4.91. The van der Waals surface area contributed by atoms with Crippen molar-refractivity contribution in [3.05, 3.63) is 78.6 Å². The van der Waals surface area contributed by atoms with Crippen LogP contribution in [-0.2, 0) is 11.3 Å². The fraction of sp³-hybridized carbons (Fsp3) is 0.269. The van der Waals surface area contributed by atoms with E-state index in [9.17, 15) is 4.79 Å². The first-order chi connectivity index (χ1) is 15.8. The lowest BCUT2D eigenvalue weighted by Crippen LogP contribution is -2.33. The van der Waals surface area contributed by atoms with E-state index in [4.69, 9.17) is 14.4 Å². The van der Waals surface area contributed by atoms with E-state index in [0.29, 0.717) is 31.1 Å². The van der Waals surface area contributed by atoms with Gasteiger partial charge in [-0.15, -0.1) is 0 Å². The number of anilines is 1. The van der Waals surface area contributed by atoms with Gasteiger partial charge in [0, 0.05) is 38.0 Å². The molecule has 1 saturated heterocycles. The standard InChI is InChI=1S/C26H26N4O2/c31-24(29-15-6-7-16-29)14-17-30(19-20-9-2-1-3-10-20)26-21-11-4-5-12-22(21)27-25(28-26)23-13-8-18-32-23/h1-5,8-13,18H,6-7,14-17,19H2. The number of fused-ring (bicyclic) bond motifs is 1. The largest absolute Gasteiger partial charge is 0.461 e. The molecule has 0 radical (unpaired) electrons. The molecule has 2 aromatic carbocycles. The second-order valence-corrected chi connectivity index (χ2v) is 8.11. The van der Waals surface area contributed by atoms with Gasteiger partial charge in [0.05, 0.1) is 11.8 Å². The number of benzene rings is 2. The van der Waals surface area contributed by atoms with Crippen LogP contribution >= 0.6 is 0 Å². The van der Waals surface area contributed by atoms with Gasteiger partial charge in [-0.3, -0.25) is 4.79 Å². The predicted molar refractivity (Wildman–Crippen MR) is 125 cm³/mol. The van der Waals surface area contributed by atoms with Gasteiger partial charge in [0.15, 0.2) is 11.6 Å². The van der Waals surface area contributed by atoms with E-state index in [0.717, 1.165) is 42.7 Å². The number of carbonyl (C=O) groups is 1. The molecule has 0 unspecified atom stereocenters. The molecule has 0 spiro atoms. The van der Waals surface area contributed by atoms with Gasteiger partial charge in [0.25, 0.3) is 0 Å². The van der Waals surface area contributed by atoms with E-state index in [1.54, 1.807) is 6.26 Å². The maximum Gasteiger partial charge on any atom is 0.224 e. The molecule has 5 rings (SSSR count). The highest BCUT2D eigenvalue weighted by Gasteiger charge is 2.21. The van der Waals surface area contributed by atoms with Crippen molar-refractivity contribution in [2.75, 3.05) is 24.5 Å². The third-order valence-electron chi connectivity index (χ3n) is 5.89. The summed E-state index contributed by atoms with van der Waals surface area (Å²) in [5, 5.41) is 0.965. The van der Waals surface area contributed by atoms with Crippen molar-refractivity contribution >= 4 is 22.6 Å². The van der Waals surface area contributed by atoms with Crippen molar-refractivity contribution in [2.24, 2.45) is 0 Å². The van der Waals surface area contributed by atoms with Crippen molar-refractivity contribution in [1.29, 1.82) is 0 Å². The van der Waals surface area contributed by atoms with Crippen LogP contribution in [0.25, 0.3) is 22.5 Å². The van der Waals surface area contributed by atoms with Crippen LogP contribution in [-0.4, -0.2) is 40.4 Å². The van der Waals surface area contributed by atoms with Crippen molar-refractivity contribution in [3.8, 4) is 11.6 Å². The van der Waals surface area contributed by atoms with Gasteiger partial charge < -0.3 is 14.2 Å². The fourth-order valence-corrected chi connectivity index (χ4v) is 4.24. The molecule has 3 heterocycles. The Morgan fingerprint density at radius 1 is 0.938 bits per heavy atom. The van der Waals surface area contributed by atoms with Gasteiger partial charge >= 0.3 is 0 Å². The SMILES string of the molecule is O=C(CCN(Cc1ccccc1)c1nc(-c2ccco2)nc2ccccc12)N1CCCC1. The molecule has 32 heavy (non-hydrogen) atoms.